The predicted octanol–water partition coefficient (Wildman–Crippen LogP) is 2.57. The van der Waals surface area contributed by atoms with E-state index in [0.717, 1.165) is 22.4 Å². The second-order valence-electron chi connectivity index (χ2n) is 5.40. The zero-order valence-electron chi connectivity index (χ0n) is 13.0. The molecule has 2 aromatic heterocycles. The standard InChI is InChI=1S/C18H19N3O2/c1-12-16(7-6-14(11-19)21-12)18(22)20-9-8-15-10-13-4-2-3-5-17(13)23-15/h2-7,10H,8-9,11,19H2,1H3,(H,20,22). The lowest BCUT2D eigenvalue weighted by molar-refractivity contribution is 0.0952. The Bertz CT molecular complexity index is 806. The highest BCUT2D eigenvalue weighted by Gasteiger charge is 2.10. The minimum Gasteiger partial charge on any atom is -0.461 e. The molecule has 0 radical (unpaired) electrons. The van der Waals surface area contributed by atoms with Gasteiger partial charge in [0.2, 0.25) is 0 Å². The fraction of sp³-hybridized carbons (Fsp3) is 0.222. The van der Waals surface area contributed by atoms with Crippen molar-refractivity contribution in [2.75, 3.05) is 6.54 Å². The molecule has 23 heavy (non-hydrogen) atoms. The number of para-hydroxylation sites is 1. The van der Waals surface area contributed by atoms with Gasteiger partial charge in [-0.25, -0.2) is 0 Å². The summed E-state index contributed by atoms with van der Waals surface area (Å²) in [5, 5.41) is 3.98. The van der Waals surface area contributed by atoms with Gasteiger partial charge in [-0.3, -0.25) is 9.78 Å². The monoisotopic (exact) mass is 309 g/mol. The highest BCUT2D eigenvalue weighted by atomic mass is 16.3. The van der Waals surface area contributed by atoms with Gasteiger partial charge in [0, 0.05) is 24.9 Å². The minimum absolute atomic E-state index is 0.130. The van der Waals surface area contributed by atoms with E-state index in [4.69, 9.17) is 10.2 Å². The van der Waals surface area contributed by atoms with Gasteiger partial charge in [-0.05, 0) is 31.2 Å². The van der Waals surface area contributed by atoms with Crippen molar-refractivity contribution in [3.8, 4) is 0 Å². The molecule has 0 fully saturated rings. The van der Waals surface area contributed by atoms with E-state index in [1.807, 2.05) is 37.3 Å². The molecule has 0 unspecified atom stereocenters. The molecule has 3 aromatic rings. The summed E-state index contributed by atoms with van der Waals surface area (Å²) in [6.45, 7) is 2.69. The van der Waals surface area contributed by atoms with Crippen LogP contribution in [0.3, 0.4) is 0 Å². The molecule has 1 aromatic carbocycles. The molecule has 0 aliphatic rings. The van der Waals surface area contributed by atoms with E-state index >= 15 is 0 Å². The van der Waals surface area contributed by atoms with Gasteiger partial charge in [-0.2, -0.15) is 0 Å². The summed E-state index contributed by atoms with van der Waals surface area (Å²) in [7, 11) is 0. The maximum atomic E-state index is 12.2. The lowest BCUT2D eigenvalue weighted by atomic mass is 10.1. The molecule has 0 aliphatic heterocycles. The van der Waals surface area contributed by atoms with E-state index in [9.17, 15) is 4.79 Å². The molecule has 2 heterocycles. The summed E-state index contributed by atoms with van der Waals surface area (Å²) >= 11 is 0. The smallest absolute Gasteiger partial charge is 0.253 e. The molecule has 0 saturated carbocycles. The number of nitrogens with zero attached hydrogens (tertiary/aromatic N) is 1. The zero-order valence-corrected chi connectivity index (χ0v) is 13.0. The van der Waals surface area contributed by atoms with Crippen LogP contribution >= 0.6 is 0 Å². The first-order valence-corrected chi connectivity index (χ1v) is 7.59. The van der Waals surface area contributed by atoms with Crippen LogP contribution in [-0.4, -0.2) is 17.4 Å². The van der Waals surface area contributed by atoms with Crippen LogP contribution in [0, 0.1) is 6.92 Å². The van der Waals surface area contributed by atoms with Crippen molar-refractivity contribution in [2.24, 2.45) is 5.73 Å². The lowest BCUT2D eigenvalue weighted by Crippen LogP contribution is -2.26. The van der Waals surface area contributed by atoms with Gasteiger partial charge in [0.1, 0.15) is 11.3 Å². The Morgan fingerprint density at radius 1 is 1.26 bits per heavy atom. The molecule has 3 N–H and O–H groups in total. The number of nitrogens with two attached hydrogens (primary N) is 1. The van der Waals surface area contributed by atoms with Gasteiger partial charge < -0.3 is 15.5 Å². The number of rotatable bonds is 5. The number of carbonyl (C=O) groups excluding carboxylic acids is 1. The van der Waals surface area contributed by atoms with Crippen LogP contribution in [0.4, 0.5) is 0 Å². The minimum atomic E-state index is -0.130. The van der Waals surface area contributed by atoms with Crippen molar-refractivity contribution >= 4 is 16.9 Å². The zero-order chi connectivity index (χ0) is 16.2. The molecule has 118 valence electrons. The van der Waals surface area contributed by atoms with E-state index in [1.54, 1.807) is 12.1 Å². The van der Waals surface area contributed by atoms with Crippen molar-refractivity contribution in [1.29, 1.82) is 0 Å². The number of carbonyl (C=O) groups is 1. The van der Waals surface area contributed by atoms with Crippen LogP contribution in [0.25, 0.3) is 11.0 Å². The fourth-order valence-electron chi connectivity index (χ4n) is 2.52. The Hall–Kier alpha value is -2.66. The normalized spacial score (nSPS) is 10.9. The molecule has 1 amide bonds. The quantitative estimate of drug-likeness (QED) is 0.759. The van der Waals surface area contributed by atoms with Crippen LogP contribution < -0.4 is 11.1 Å². The summed E-state index contributed by atoms with van der Waals surface area (Å²) in [5.74, 6) is 0.731. The first kappa shape index (κ1) is 15.2. The Morgan fingerprint density at radius 3 is 2.83 bits per heavy atom. The highest BCUT2D eigenvalue weighted by molar-refractivity contribution is 5.95. The Kier molecular flexibility index (Phi) is 4.39. The number of benzene rings is 1. The summed E-state index contributed by atoms with van der Waals surface area (Å²) in [6.07, 6.45) is 0.647. The Morgan fingerprint density at radius 2 is 2.09 bits per heavy atom. The van der Waals surface area contributed by atoms with Crippen molar-refractivity contribution in [2.45, 2.75) is 19.9 Å². The molecule has 0 aliphatic carbocycles. The number of fused-ring (bicyclic) bond motifs is 1. The number of furan rings is 1. The van der Waals surface area contributed by atoms with Crippen molar-refractivity contribution < 1.29 is 9.21 Å². The SMILES string of the molecule is Cc1nc(CN)ccc1C(=O)NCCc1cc2ccccc2o1. The maximum absolute atomic E-state index is 12.2. The molecule has 5 heteroatoms. The number of hydrogen-bond donors (Lipinski definition) is 2. The molecular weight excluding hydrogens is 290 g/mol. The van der Waals surface area contributed by atoms with Gasteiger partial charge in [0.15, 0.2) is 0 Å². The second-order valence-corrected chi connectivity index (χ2v) is 5.40. The number of pyridine rings is 1. The van der Waals surface area contributed by atoms with Gasteiger partial charge in [-0.15, -0.1) is 0 Å². The van der Waals surface area contributed by atoms with E-state index < -0.39 is 0 Å². The van der Waals surface area contributed by atoms with E-state index in [1.165, 1.54) is 0 Å². The molecular formula is C18H19N3O2. The van der Waals surface area contributed by atoms with Crippen LogP contribution in [0.5, 0.6) is 0 Å². The third-order valence-electron chi connectivity index (χ3n) is 3.73. The lowest BCUT2D eigenvalue weighted by Gasteiger charge is -2.07. The van der Waals surface area contributed by atoms with E-state index in [2.05, 4.69) is 10.3 Å². The summed E-state index contributed by atoms with van der Waals surface area (Å²) in [6, 6.07) is 13.4. The first-order valence-electron chi connectivity index (χ1n) is 7.59. The highest BCUT2D eigenvalue weighted by Crippen LogP contribution is 2.18. The number of aryl methyl sites for hydroxylation is 1. The van der Waals surface area contributed by atoms with Gasteiger partial charge in [0.25, 0.3) is 5.91 Å². The Balaban J connectivity index is 1.60. The fourth-order valence-corrected chi connectivity index (χ4v) is 2.52. The average Bonchev–Trinajstić information content (AvgIpc) is 2.97. The Labute approximate surface area is 134 Å². The average molecular weight is 309 g/mol. The van der Waals surface area contributed by atoms with Gasteiger partial charge in [0.05, 0.1) is 17.0 Å². The molecule has 0 bridgehead atoms. The molecule has 0 atom stereocenters. The van der Waals surface area contributed by atoms with E-state index in [0.29, 0.717) is 30.8 Å². The van der Waals surface area contributed by atoms with Crippen LogP contribution in [0.1, 0.15) is 27.5 Å². The topological polar surface area (TPSA) is 81.1 Å². The largest absolute Gasteiger partial charge is 0.461 e. The van der Waals surface area contributed by atoms with Gasteiger partial charge >= 0.3 is 0 Å². The van der Waals surface area contributed by atoms with Crippen molar-refractivity contribution in [3.63, 3.8) is 0 Å². The van der Waals surface area contributed by atoms with E-state index in [-0.39, 0.29) is 5.91 Å². The maximum Gasteiger partial charge on any atom is 0.253 e. The number of nitrogens with one attached hydrogen (secondary N) is 1. The summed E-state index contributed by atoms with van der Waals surface area (Å²) < 4.78 is 5.73. The molecule has 0 saturated heterocycles. The summed E-state index contributed by atoms with van der Waals surface area (Å²) in [5.41, 5.74) is 8.46. The molecule has 0 spiro atoms. The van der Waals surface area contributed by atoms with Crippen molar-refractivity contribution in [1.82, 2.24) is 10.3 Å². The predicted molar refractivity (Wildman–Crippen MR) is 89.1 cm³/mol. The van der Waals surface area contributed by atoms with Crippen LogP contribution in [-0.2, 0) is 13.0 Å². The number of hydrogen-bond acceptors (Lipinski definition) is 4. The first-order chi connectivity index (χ1) is 11.2. The third-order valence-corrected chi connectivity index (χ3v) is 3.73. The molecule has 3 rings (SSSR count). The van der Waals surface area contributed by atoms with Crippen LogP contribution in [0.2, 0.25) is 0 Å². The summed E-state index contributed by atoms with van der Waals surface area (Å²) in [4.78, 5) is 16.5. The number of aromatic nitrogens is 1. The number of amides is 1. The third kappa shape index (κ3) is 3.40. The second kappa shape index (κ2) is 6.62. The van der Waals surface area contributed by atoms with Crippen molar-refractivity contribution in [3.05, 3.63) is 65.2 Å². The van der Waals surface area contributed by atoms with Gasteiger partial charge in [-0.1, -0.05) is 18.2 Å². The molecule has 5 nitrogen and oxygen atoms in total. The van der Waals surface area contributed by atoms with Crippen LogP contribution in [0.15, 0.2) is 46.9 Å².